The van der Waals surface area contributed by atoms with Crippen molar-refractivity contribution in [1.82, 2.24) is 10.2 Å². The molecule has 2 fully saturated rings. The summed E-state index contributed by atoms with van der Waals surface area (Å²) in [6.07, 6.45) is 7.80. The van der Waals surface area contributed by atoms with Crippen LogP contribution in [0.2, 0.25) is 0 Å². The number of carbonyl (C=O) groups excluding carboxylic acids is 1. The molecule has 0 bridgehead atoms. The second-order valence-corrected chi connectivity index (χ2v) is 6.28. The van der Waals surface area contributed by atoms with Gasteiger partial charge in [0.1, 0.15) is 0 Å². The van der Waals surface area contributed by atoms with E-state index in [1.807, 2.05) is 0 Å². The van der Waals surface area contributed by atoms with Crippen LogP contribution in [0.4, 0.5) is 4.79 Å². The Labute approximate surface area is 121 Å². The van der Waals surface area contributed by atoms with Gasteiger partial charge in [0.25, 0.3) is 0 Å². The molecule has 0 aromatic rings. The van der Waals surface area contributed by atoms with Gasteiger partial charge in [0.15, 0.2) is 0 Å². The van der Waals surface area contributed by atoms with E-state index in [1.165, 1.54) is 25.7 Å². The van der Waals surface area contributed by atoms with Crippen LogP contribution in [0.1, 0.15) is 44.9 Å². The number of ether oxygens (including phenoxy) is 1. The first-order valence-corrected chi connectivity index (χ1v) is 7.85. The molecule has 2 aliphatic rings. The van der Waals surface area contributed by atoms with Gasteiger partial charge in [0.2, 0.25) is 0 Å². The van der Waals surface area contributed by atoms with Crippen molar-refractivity contribution in [3.05, 3.63) is 0 Å². The molecular formula is C15H28N2O3. The topological polar surface area (TPSA) is 61.8 Å². The molecule has 1 aliphatic carbocycles. The van der Waals surface area contributed by atoms with E-state index in [4.69, 9.17) is 4.74 Å². The fourth-order valence-electron chi connectivity index (χ4n) is 3.62. The molecule has 0 aromatic carbocycles. The second kappa shape index (κ2) is 7.27. The van der Waals surface area contributed by atoms with Crippen molar-refractivity contribution in [2.24, 2.45) is 5.41 Å². The Morgan fingerprint density at radius 2 is 2.15 bits per heavy atom. The average Bonchev–Trinajstić information content (AvgIpc) is 3.12. The lowest BCUT2D eigenvalue weighted by molar-refractivity contribution is 0.128. The maximum absolute atomic E-state index is 12.3. The summed E-state index contributed by atoms with van der Waals surface area (Å²) in [6.45, 7) is 2.34. The summed E-state index contributed by atoms with van der Waals surface area (Å²) in [4.78, 5) is 14.1. The van der Waals surface area contributed by atoms with Gasteiger partial charge in [-0.05, 0) is 37.5 Å². The largest absolute Gasteiger partial charge is 0.394 e. The van der Waals surface area contributed by atoms with Crippen molar-refractivity contribution in [3.8, 4) is 0 Å². The van der Waals surface area contributed by atoms with Crippen LogP contribution in [0.5, 0.6) is 0 Å². The third kappa shape index (κ3) is 3.64. The molecule has 1 saturated heterocycles. The van der Waals surface area contributed by atoms with Crippen LogP contribution in [0, 0.1) is 5.41 Å². The number of carbonyl (C=O) groups is 1. The number of hydrogen-bond donors (Lipinski definition) is 2. The van der Waals surface area contributed by atoms with Crippen LogP contribution < -0.4 is 5.32 Å². The van der Waals surface area contributed by atoms with Gasteiger partial charge in [-0.2, -0.15) is 0 Å². The average molecular weight is 284 g/mol. The quantitative estimate of drug-likeness (QED) is 0.781. The lowest BCUT2D eigenvalue weighted by atomic mass is 9.83. The predicted molar refractivity (Wildman–Crippen MR) is 77.6 cm³/mol. The van der Waals surface area contributed by atoms with E-state index in [0.29, 0.717) is 0 Å². The number of aliphatic hydroxyl groups is 1. The molecule has 116 valence electrons. The number of nitrogens with one attached hydrogen (secondary N) is 1. The molecule has 1 heterocycles. The number of aliphatic hydroxyl groups excluding tert-OH is 1. The molecule has 2 amide bonds. The Balaban J connectivity index is 1.84. The molecular weight excluding hydrogens is 256 g/mol. The molecule has 0 radical (unpaired) electrons. The molecule has 1 unspecified atom stereocenters. The number of likely N-dealkylation sites (tertiary alicyclic amines) is 1. The zero-order valence-electron chi connectivity index (χ0n) is 12.6. The summed E-state index contributed by atoms with van der Waals surface area (Å²) in [6, 6.07) is -0.00116. The van der Waals surface area contributed by atoms with Crippen molar-refractivity contribution in [1.29, 1.82) is 0 Å². The van der Waals surface area contributed by atoms with E-state index in [-0.39, 0.29) is 24.1 Å². The minimum Gasteiger partial charge on any atom is -0.394 e. The number of rotatable bonds is 6. The molecule has 1 atom stereocenters. The molecule has 1 aliphatic heterocycles. The van der Waals surface area contributed by atoms with Crippen LogP contribution in [-0.2, 0) is 4.74 Å². The van der Waals surface area contributed by atoms with Gasteiger partial charge in [0, 0.05) is 26.8 Å². The lowest BCUT2D eigenvalue weighted by Gasteiger charge is -2.31. The minimum atomic E-state index is -0.00904. The smallest absolute Gasteiger partial charge is 0.317 e. The highest BCUT2D eigenvalue weighted by Gasteiger charge is 2.35. The first-order valence-electron chi connectivity index (χ1n) is 7.85. The molecule has 20 heavy (non-hydrogen) atoms. The van der Waals surface area contributed by atoms with Gasteiger partial charge in [0.05, 0.1) is 12.6 Å². The molecule has 2 rings (SSSR count). The number of hydrogen-bond acceptors (Lipinski definition) is 3. The summed E-state index contributed by atoms with van der Waals surface area (Å²) < 4.78 is 5.21. The fourth-order valence-corrected chi connectivity index (χ4v) is 3.62. The number of nitrogens with zero attached hydrogens (tertiary/aromatic N) is 1. The summed E-state index contributed by atoms with van der Waals surface area (Å²) in [7, 11) is 1.73. The van der Waals surface area contributed by atoms with Crippen LogP contribution >= 0.6 is 0 Å². The van der Waals surface area contributed by atoms with Crippen molar-refractivity contribution in [2.45, 2.75) is 51.0 Å². The van der Waals surface area contributed by atoms with Crippen LogP contribution in [0.25, 0.3) is 0 Å². The molecule has 2 N–H and O–H groups in total. The van der Waals surface area contributed by atoms with E-state index in [2.05, 4.69) is 5.32 Å². The van der Waals surface area contributed by atoms with Gasteiger partial charge in [-0.25, -0.2) is 4.79 Å². The number of urea groups is 1. The third-order valence-corrected chi connectivity index (χ3v) is 4.96. The van der Waals surface area contributed by atoms with Gasteiger partial charge in [-0.15, -0.1) is 0 Å². The predicted octanol–water partition coefficient (Wildman–Crippen LogP) is 1.75. The standard InChI is InChI=1S/C15H28N2O3/c1-20-10-8-15(6-2-3-7-15)12-16-14(19)17-9-4-5-13(17)11-18/h13,18H,2-12H2,1H3,(H,16,19). The van der Waals surface area contributed by atoms with Gasteiger partial charge >= 0.3 is 6.03 Å². The normalized spacial score (nSPS) is 25.1. The summed E-state index contributed by atoms with van der Waals surface area (Å²) in [5, 5.41) is 12.4. The Morgan fingerprint density at radius 1 is 1.40 bits per heavy atom. The van der Waals surface area contributed by atoms with E-state index in [1.54, 1.807) is 12.0 Å². The highest BCUT2D eigenvalue weighted by atomic mass is 16.5. The van der Waals surface area contributed by atoms with Crippen LogP contribution in [-0.4, -0.2) is 55.5 Å². The molecule has 5 heteroatoms. The third-order valence-electron chi connectivity index (χ3n) is 4.96. The highest BCUT2D eigenvalue weighted by Crippen LogP contribution is 2.40. The number of methoxy groups -OCH3 is 1. The zero-order chi connectivity index (χ0) is 14.4. The summed E-state index contributed by atoms with van der Waals surface area (Å²) >= 11 is 0. The van der Waals surface area contributed by atoms with Gasteiger partial charge in [-0.1, -0.05) is 12.8 Å². The highest BCUT2D eigenvalue weighted by molar-refractivity contribution is 5.74. The minimum absolute atomic E-state index is 0.00787. The monoisotopic (exact) mass is 284 g/mol. The van der Waals surface area contributed by atoms with E-state index in [0.717, 1.165) is 39.0 Å². The zero-order valence-corrected chi connectivity index (χ0v) is 12.6. The van der Waals surface area contributed by atoms with Crippen molar-refractivity contribution >= 4 is 6.03 Å². The number of amides is 2. The second-order valence-electron chi connectivity index (χ2n) is 6.28. The Bertz CT molecular complexity index is 316. The van der Waals surface area contributed by atoms with Crippen molar-refractivity contribution in [3.63, 3.8) is 0 Å². The first-order chi connectivity index (χ1) is 9.71. The molecule has 1 saturated carbocycles. The lowest BCUT2D eigenvalue weighted by Crippen LogP contribution is -2.47. The Hall–Kier alpha value is -0.810. The first kappa shape index (κ1) is 15.6. The van der Waals surface area contributed by atoms with E-state index in [9.17, 15) is 9.90 Å². The van der Waals surface area contributed by atoms with E-state index >= 15 is 0 Å². The summed E-state index contributed by atoms with van der Waals surface area (Å²) in [5.41, 5.74) is 0.222. The maximum Gasteiger partial charge on any atom is 0.317 e. The van der Waals surface area contributed by atoms with Crippen molar-refractivity contribution < 1.29 is 14.6 Å². The van der Waals surface area contributed by atoms with Crippen LogP contribution in [0.15, 0.2) is 0 Å². The van der Waals surface area contributed by atoms with Crippen molar-refractivity contribution in [2.75, 3.05) is 33.4 Å². The summed E-state index contributed by atoms with van der Waals surface area (Å²) in [5.74, 6) is 0. The van der Waals surface area contributed by atoms with Gasteiger partial charge in [-0.3, -0.25) is 0 Å². The van der Waals surface area contributed by atoms with Crippen LogP contribution in [0.3, 0.4) is 0 Å². The maximum atomic E-state index is 12.3. The fraction of sp³-hybridized carbons (Fsp3) is 0.933. The molecule has 5 nitrogen and oxygen atoms in total. The Kier molecular flexibility index (Phi) is 5.66. The van der Waals surface area contributed by atoms with E-state index < -0.39 is 0 Å². The molecule has 0 aromatic heterocycles. The molecule has 0 spiro atoms. The Morgan fingerprint density at radius 3 is 2.80 bits per heavy atom. The SMILES string of the molecule is COCCC1(CNC(=O)N2CCCC2CO)CCCC1. The van der Waals surface area contributed by atoms with Gasteiger partial charge < -0.3 is 20.1 Å².